The summed E-state index contributed by atoms with van der Waals surface area (Å²) in [6, 6.07) is 3.43. The largest absolute Gasteiger partial charge is 0.355 e. The van der Waals surface area contributed by atoms with Crippen molar-refractivity contribution in [3.05, 3.63) is 35.4 Å². The lowest BCUT2D eigenvalue weighted by molar-refractivity contribution is -0.120. The van der Waals surface area contributed by atoms with Crippen LogP contribution in [0.1, 0.15) is 19.4 Å². The molecule has 0 fully saturated rings. The molecule has 0 spiro atoms. The molecule has 1 aromatic carbocycles. The summed E-state index contributed by atoms with van der Waals surface area (Å²) in [7, 11) is 0. The van der Waals surface area contributed by atoms with E-state index in [9.17, 15) is 13.6 Å². The molecule has 0 saturated heterocycles. The first-order chi connectivity index (χ1) is 8.97. The molecule has 2 N–H and O–H groups in total. The molecule has 0 aliphatic rings. The van der Waals surface area contributed by atoms with Gasteiger partial charge in [0, 0.05) is 12.6 Å². The van der Waals surface area contributed by atoms with E-state index in [0.717, 1.165) is 6.07 Å². The van der Waals surface area contributed by atoms with E-state index in [0.29, 0.717) is 31.0 Å². The van der Waals surface area contributed by atoms with Gasteiger partial charge >= 0.3 is 0 Å². The molecule has 0 saturated carbocycles. The molecule has 0 aromatic heterocycles. The van der Waals surface area contributed by atoms with Gasteiger partial charge in [0.15, 0.2) is 0 Å². The highest BCUT2D eigenvalue weighted by Crippen LogP contribution is 2.07. The maximum atomic E-state index is 12.9. The summed E-state index contributed by atoms with van der Waals surface area (Å²) < 4.78 is 25.8. The van der Waals surface area contributed by atoms with Crippen molar-refractivity contribution in [2.24, 2.45) is 5.92 Å². The van der Waals surface area contributed by atoms with Crippen molar-refractivity contribution in [1.82, 2.24) is 10.6 Å². The van der Waals surface area contributed by atoms with Crippen molar-refractivity contribution in [2.45, 2.75) is 20.3 Å². The van der Waals surface area contributed by atoms with Gasteiger partial charge in [0.1, 0.15) is 11.6 Å². The molecule has 0 unspecified atom stereocenters. The van der Waals surface area contributed by atoms with Crippen LogP contribution >= 0.6 is 0 Å². The third kappa shape index (κ3) is 6.86. The van der Waals surface area contributed by atoms with Crippen molar-refractivity contribution in [1.29, 1.82) is 0 Å². The van der Waals surface area contributed by atoms with Gasteiger partial charge in [0.2, 0.25) is 5.91 Å². The van der Waals surface area contributed by atoms with Crippen molar-refractivity contribution in [2.75, 3.05) is 19.6 Å². The number of benzene rings is 1. The number of halogens is 2. The van der Waals surface area contributed by atoms with E-state index in [1.54, 1.807) is 0 Å². The topological polar surface area (TPSA) is 41.1 Å². The molecule has 0 heterocycles. The molecule has 1 aromatic rings. The molecule has 19 heavy (non-hydrogen) atoms. The molecule has 5 heteroatoms. The summed E-state index contributed by atoms with van der Waals surface area (Å²) in [5.74, 6) is -0.812. The second-order valence-corrected chi connectivity index (χ2v) is 4.90. The van der Waals surface area contributed by atoms with Gasteiger partial charge in [-0.15, -0.1) is 0 Å². The van der Waals surface area contributed by atoms with Gasteiger partial charge < -0.3 is 10.6 Å². The summed E-state index contributed by atoms with van der Waals surface area (Å²) in [6.45, 7) is 5.40. The predicted molar refractivity (Wildman–Crippen MR) is 70.8 cm³/mol. The van der Waals surface area contributed by atoms with Gasteiger partial charge in [-0.25, -0.2) is 8.78 Å². The van der Waals surface area contributed by atoms with Crippen LogP contribution in [0.25, 0.3) is 0 Å². The number of hydrogen-bond donors (Lipinski definition) is 2. The van der Waals surface area contributed by atoms with Gasteiger partial charge in [-0.2, -0.15) is 0 Å². The molecular formula is C14H20F2N2O. The minimum Gasteiger partial charge on any atom is -0.355 e. The van der Waals surface area contributed by atoms with Crippen LogP contribution in [0.4, 0.5) is 8.78 Å². The fraction of sp³-hybridized carbons (Fsp3) is 0.500. The lowest BCUT2D eigenvalue weighted by atomic mass is 10.1. The van der Waals surface area contributed by atoms with E-state index in [1.807, 2.05) is 13.8 Å². The smallest absolute Gasteiger partial charge is 0.233 e. The first-order valence-electron chi connectivity index (χ1n) is 6.39. The average molecular weight is 270 g/mol. The molecular weight excluding hydrogens is 250 g/mol. The maximum Gasteiger partial charge on any atom is 0.233 e. The highest BCUT2D eigenvalue weighted by Gasteiger charge is 2.03. The second kappa shape index (κ2) is 7.84. The minimum atomic E-state index is -0.579. The first-order valence-corrected chi connectivity index (χ1v) is 6.39. The van der Waals surface area contributed by atoms with E-state index in [1.165, 1.54) is 12.1 Å². The van der Waals surface area contributed by atoms with Gasteiger partial charge in [-0.1, -0.05) is 13.8 Å². The predicted octanol–water partition coefficient (Wildman–Crippen LogP) is 1.87. The van der Waals surface area contributed by atoms with Crippen LogP contribution in [0.5, 0.6) is 0 Å². The fourth-order valence-electron chi connectivity index (χ4n) is 1.57. The summed E-state index contributed by atoms with van der Waals surface area (Å²) in [4.78, 5) is 11.4. The summed E-state index contributed by atoms with van der Waals surface area (Å²) in [5, 5.41) is 5.72. The number of nitrogens with one attached hydrogen (secondary N) is 2. The number of rotatable bonds is 7. The highest BCUT2D eigenvalue weighted by molar-refractivity contribution is 5.77. The Hall–Kier alpha value is -1.49. The Morgan fingerprint density at radius 1 is 1.21 bits per heavy atom. The number of hydrogen-bond acceptors (Lipinski definition) is 2. The zero-order valence-electron chi connectivity index (χ0n) is 11.3. The molecule has 0 radical (unpaired) electrons. The van der Waals surface area contributed by atoms with Crippen LogP contribution in [-0.2, 0) is 11.2 Å². The standard InChI is InChI=1S/C14H20F2N2O/c1-10(2)8-18-14(19)9-17-4-3-11-5-12(15)7-13(16)6-11/h5-7,10,17H,3-4,8-9H2,1-2H3,(H,18,19). The first kappa shape index (κ1) is 15.6. The van der Waals surface area contributed by atoms with Crippen molar-refractivity contribution >= 4 is 5.91 Å². The molecule has 0 aliphatic heterocycles. The molecule has 0 bridgehead atoms. The Labute approximate surface area is 112 Å². The van der Waals surface area contributed by atoms with E-state index in [2.05, 4.69) is 10.6 Å². The Morgan fingerprint density at radius 2 is 1.84 bits per heavy atom. The summed E-state index contributed by atoms with van der Waals surface area (Å²) in [6.07, 6.45) is 0.478. The Bertz CT molecular complexity index is 402. The number of carbonyl (C=O) groups is 1. The monoisotopic (exact) mass is 270 g/mol. The molecule has 0 atom stereocenters. The van der Waals surface area contributed by atoms with Crippen LogP contribution in [0.15, 0.2) is 18.2 Å². The lowest BCUT2D eigenvalue weighted by Gasteiger charge is -2.08. The Kier molecular flexibility index (Phi) is 6.42. The summed E-state index contributed by atoms with van der Waals surface area (Å²) in [5.41, 5.74) is 0.576. The zero-order chi connectivity index (χ0) is 14.3. The second-order valence-electron chi connectivity index (χ2n) is 4.90. The summed E-state index contributed by atoms with van der Waals surface area (Å²) >= 11 is 0. The third-order valence-corrected chi connectivity index (χ3v) is 2.51. The third-order valence-electron chi connectivity index (χ3n) is 2.51. The molecule has 0 aliphatic carbocycles. The lowest BCUT2D eigenvalue weighted by Crippen LogP contribution is -2.36. The SMILES string of the molecule is CC(C)CNC(=O)CNCCc1cc(F)cc(F)c1. The quantitative estimate of drug-likeness (QED) is 0.743. The fourth-order valence-corrected chi connectivity index (χ4v) is 1.57. The van der Waals surface area contributed by atoms with Gasteiger partial charge in [0.05, 0.1) is 6.54 Å². The van der Waals surface area contributed by atoms with Gasteiger partial charge in [0.25, 0.3) is 0 Å². The van der Waals surface area contributed by atoms with Crippen molar-refractivity contribution in [3.63, 3.8) is 0 Å². The average Bonchev–Trinajstić information content (AvgIpc) is 2.31. The van der Waals surface area contributed by atoms with Crippen LogP contribution in [0.2, 0.25) is 0 Å². The Balaban J connectivity index is 2.21. The number of carbonyl (C=O) groups excluding carboxylic acids is 1. The molecule has 1 amide bonds. The molecule has 1 rings (SSSR count). The van der Waals surface area contributed by atoms with Crippen molar-refractivity contribution in [3.8, 4) is 0 Å². The van der Waals surface area contributed by atoms with Crippen LogP contribution < -0.4 is 10.6 Å². The molecule has 106 valence electrons. The van der Waals surface area contributed by atoms with E-state index >= 15 is 0 Å². The molecule has 3 nitrogen and oxygen atoms in total. The normalized spacial score (nSPS) is 10.8. The maximum absolute atomic E-state index is 12.9. The zero-order valence-corrected chi connectivity index (χ0v) is 11.3. The van der Waals surface area contributed by atoms with Gasteiger partial charge in [-0.05, 0) is 36.6 Å². The highest BCUT2D eigenvalue weighted by atomic mass is 19.1. The minimum absolute atomic E-state index is 0.0703. The Morgan fingerprint density at radius 3 is 2.42 bits per heavy atom. The van der Waals surface area contributed by atoms with Crippen LogP contribution in [0, 0.1) is 17.6 Å². The number of amides is 1. The van der Waals surface area contributed by atoms with E-state index in [-0.39, 0.29) is 12.5 Å². The van der Waals surface area contributed by atoms with E-state index in [4.69, 9.17) is 0 Å². The van der Waals surface area contributed by atoms with Gasteiger partial charge in [-0.3, -0.25) is 4.79 Å². The van der Waals surface area contributed by atoms with Crippen LogP contribution in [-0.4, -0.2) is 25.5 Å². The van der Waals surface area contributed by atoms with E-state index < -0.39 is 11.6 Å². The van der Waals surface area contributed by atoms with Crippen LogP contribution in [0.3, 0.4) is 0 Å². The van der Waals surface area contributed by atoms with Crippen molar-refractivity contribution < 1.29 is 13.6 Å².